The molecule has 0 radical (unpaired) electrons. The number of nitrogens with two attached hydrogens (primary N) is 1. The summed E-state index contributed by atoms with van der Waals surface area (Å²) in [4.78, 5) is 47.9. The first-order valence-electron chi connectivity index (χ1n) is 10.9. The lowest BCUT2D eigenvalue weighted by Gasteiger charge is -2.23. The van der Waals surface area contributed by atoms with Gasteiger partial charge >= 0.3 is 17.9 Å². The first-order valence-corrected chi connectivity index (χ1v) is 10.9. The molecule has 0 saturated carbocycles. The van der Waals surface area contributed by atoms with E-state index in [1.54, 1.807) is 6.92 Å². The highest BCUT2D eigenvalue weighted by Gasteiger charge is 2.28. The van der Waals surface area contributed by atoms with Crippen molar-refractivity contribution in [2.24, 2.45) is 23.5 Å². The van der Waals surface area contributed by atoms with E-state index in [1.807, 2.05) is 27.7 Å². The van der Waals surface area contributed by atoms with E-state index >= 15 is 0 Å². The van der Waals surface area contributed by atoms with Gasteiger partial charge in [0.25, 0.3) is 0 Å². The van der Waals surface area contributed by atoms with Crippen LogP contribution >= 0.6 is 0 Å². The van der Waals surface area contributed by atoms with Gasteiger partial charge in [-0.2, -0.15) is 0 Å². The molecule has 0 saturated heterocycles. The SMILES string of the molecule is CC(=O)Oc1ccc(C(=O)OCC(C)OC(=O)[C@H](CCC(=O)[C@H](N)C(C)C)C(C)C)cc1. The van der Waals surface area contributed by atoms with Crippen LogP contribution in [0.2, 0.25) is 0 Å². The molecule has 0 bridgehead atoms. The Kier molecular flexibility index (Phi) is 11.1. The summed E-state index contributed by atoms with van der Waals surface area (Å²) in [5, 5.41) is 0. The molecule has 32 heavy (non-hydrogen) atoms. The van der Waals surface area contributed by atoms with Crippen LogP contribution in [0, 0.1) is 17.8 Å². The van der Waals surface area contributed by atoms with Crippen LogP contribution in [0.4, 0.5) is 0 Å². The average molecular weight is 450 g/mol. The molecular weight excluding hydrogens is 414 g/mol. The summed E-state index contributed by atoms with van der Waals surface area (Å²) in [7, 11) is 0. The summed E-state index contributed by atoms with van der Waals surface area (Å²) in [6.45, 7) is 10.4. The number of ketones is 1. The van der Waals surface area contributed by atoms with Crippen molar-refractivity contribution in [3.05, 3.63) is 29.8 Å². The van der Waals surface area contributed by atoms with Crippen LogP contribution in [0.25, 0.3) is 0 Å². The van der Waals surface area contributed by atoms with E-state index in [0.717, 1.165) is 0 Å². The molecule has 1 unspecified atom stereocenters. The number of carbonyl (C=O) groups excluding carboxylic acids is 4. The summed E-state index contributed by atoms with van der Waals surface area (Å²) in [6, 6.07) is 5.39. The summed E-state index contributed by atoms with van der Waals surface area (Å²) < 4.78 is 15.6. The molecule has 0 aromatic heterocycles. The topological polar surface area (TPSA) is 122 Å². The summed E-state index contributed by atoms with van der Waals surface area (Å²) >= 11 is 0. The lowest BCUT2D eigenvalue weighted by molar-refractivity contribution is -0.157. The smallest absolute Gasteiger partial charge is 0.338 e. The Hall–Kier alpha value is -2.74. The van der Waals surface area contributed by atoms with Gasteiger partial charge in [-0.05, 0) is 49.4 Å². The molecule has 1 aromatic rings. The fourth-order valence-electron chi connectivity index (χ4n) is 2.98. The van der Waals surface area contributed by atoms with E-state index in [1.165, 1.54) is 31.2 Å². The molecule has 8 heteroatoms. The summed E-state index contributed by atoms with van der Waals surface area (Å²) in [5.74, 6) is -1.65. The first-order chi connectivity index (χ1) is 14.9. The molecular formula is C24H35NO7. The summed E-state index contributed by atoms with van der Waals surface area (Å²) in [6.07, 6.45) is -0.0809. The number of Topliss-reactive ketones (excluding diaryl/α,β-unsaturated/α-hetero) is 1. The van der Waals surface area contributed by atoms with Crippen LogP contribution in [0.15, 0.2) is 24.3 Å². The number of hydrogen-bond donors (Lipinski definition) is 1. The van der Waals surface area contributed by atoms with Crippen molar-refractivity contribution in [3.8, 4) is 5.75 Å². The van der Waals surface area contributed by atoms with Gasteiger partial charge in [0.1, 0.15) is 24.2 Å². The van der Waals surface area contributed by atoms with Crippen molar-refractivity contribution in [3.63, 3.8) is 0 Å². The van der Waals surface area contributed by atoms with Crippen LogP contribution in [0.5, 0.6) is 5.75 Å². The molecule has 1 rings (SSSR count). The van der Waals surface area contributed by atoms with Crippen molar-refractivity contribution < 1.29 is 33.4 Å². The fourth-order valence-corrected chi connectivity index (χ4v) is 2.98. The van der Waals surface area contributed by atoms with Gasteiger partial charge in [-0.25, -0.2) is 4.79 Å². The van der Waals surface area contributed by atoms with Crippen LogP contribution in [-0.2, 0) is 23.9 Å². The summed E-state index contributed by atoms with van der Waals surface area (Å²) in [5.41, 5.74) is 6.17. The maximum atomic E-state index is 12.6. The Balaban J connectivity index is 2.55. The second-order valence-electron chi connectivity index (χ2n) is 8.59. The monoisotopic (exact) mass is 449 g/mol. The zero-order valence-electron chi connectivity index (χ0n) is 19.8. The molecule has 8 nitrogen and oxygen atoms in total. The van der Waals surface area contributed by atoms with Crippen LogP contribution in [0.1, 0.15) is 64.7 Å². The number of rotatable bonds is 12. The number of esters is 3. The highest BCUT2D eigenvalue weighted by molar-refractivity contribution is 5.89. The van der Waals surface area contributed by atoms with E-state index in [0.29, 0.717) is 12.2 Å². The lowest BCUT2D eigenvalue weighted by atomic mass is 9.88. The van der Waals surface area contributed by atoms with Gasteiger partial charge < -0.3 is 19.9 Å². The largest absolute Gasteiger partial charge is 0.459 e. The predicted octanol–water partition coefficient (Wildman–Crippen LogP) is 3.31. The quantitative estimate of drug-likeness (QED) is 0.381. The molecule has 2 N–H and O–H groups in total. The van der Waals surface area contributed by atoms with Gasteiger partial charge in [0.2, 0.25) is 0 Å². The van der Waals surface area contributed by atoms with E-state index in [-0.39, 0.29) is 36.2 Å². The van der Waals surface area contributed by atoms with Gasteiger partial charge in [-0.3, -0.25) is 14.4 Å². The minimum Gasteiger partial charge on any atom is -0.459 e. The molecule has 0 aliphatic rings. The van der Waals surface area contributed by atoms with Gasteiger partial charge in [0, 0.05) is 13.3 Å². The van der Waals surface area contributed by atoms with Crippen molar-refractivity contribution in [1.82, 2.24) is 0 Å². The zero-order chi connectivity index (χ0) is 24.4. The van der Waals surface area contributed by atoms with Gasteiger partial charge in [0.15, 0.2) is 0 Å². The molecule has 0 heterocycles. The van der Waals surface area contributed by atoms with Gasteiger partial charge in [0.05, 0.1) is 17.5 Å². The third-order valence-corrected chi connectivity index (χ3v) is 5.02. The Morgan fingerprint density at radius 2 is 1.53 bits per heavy atom. The van der Waals surface area contributed by atoms with Crippen LogP contribution in [0.3, 0.4) is 0 Å². The Labute approximate surface area is 189 Å². The van der Waals surface area contributed by atoms with Crippen molar-refractivity contribution in [2.75, 3.05) is 6.61 Å². The lowest BCUT2D eigenvalue weighted by Crippen LogP contribution is -2.36. The predicted molar refractivity (Wildman–Crippen MR) is 119 cm³/mol. The Morgan fingerprint density at radius 1 is 0.938 bits per heavy atom. The van der Waals surface area contributed by atoms with Crippen molar-refractivity contribution >= 4 is 23.7 Å². The minimum absolute atomic E-state index is 0.0175. The molecule has 0 fully saturated rings. The number of carbonyl (C=O) groups is 4. The van der Waals surface area contributed by atoms with Gasteiger partial charge in [-0.15, -0.1) is 0 Å². The van der Waals surface area contributed by atoms with Crippen molar-refractivity contribution in [2.45, 2.75) is 66.5 Å². The molecule has 178 valence electrons. The maximum absolute atomic E-state index is 12.6. The second kappa shape index (κ2) is 13.0. The highest BCUT2D eigenvalue weighted by atomic mass is 16.6. The fraction of sp³-hybridized carbons (Fsp3) is 0.583. The molecule has 0 aliphatic heterocycles. The van der Waals surface area contributed by atoms with Gasteiger partial charge in [-0.1, -0.05) is 27.7 Å². The molecule has 0 aliphatic carbocycles. The second-order valence-corrected chi connectivity index (χ2v) is 8.59. The standard InChI is InChI=1S/C24H35NO7/c1-14(2)20(11-12-21(27)22(25)15(3)4)24(29)31-16(5)13-30-23(28)18-7-9-19(10-8-18)32-17(6)26/h7-10,14-16,20,22H,11-13,25H2,1-6H3/t16?,20-,22-/m1/s1. The van der Waals surface area contributed by atoms with Crippen molar-refractivity contribution in [1.29, 1.82) is 0 Å². The number of benzene rings is 1. The zero-order valence-corrected chi connectivity index (χ0v) is 19.8. The molecule has 1 aromatic carbocycles. The van der Waals surface area contributed by atoms with E-state index in [2.05, 4.69) is 0 Å². The average Bonchev–Trinajstić information content (AvgIpc) is 2.71. The van der Waals surface area contributed by atoms with E-state index < -0.39 is 36.0 Å². The third kappa shape index (κ3) is 9.18. The van der Waals surface area contributed by atoms with Crippen LogP contribution < -0.4 is 10.5 Å². The minimum atomic E-state index is -0.651. The molecule has 0 amide bonds. The molecule has 0 spiro atoms. The number of hydrogen-bond acceptors (Lipinski definition) is 8. The molecule has 3 atom stereocenters. The normalized spacial score (nSPS) is 13.9. The van der Waals surface area contributed by atoms with E-state index in [4.69, 9.17) is 19.9 Å². The Morgan fingerprint density at radius 3 is 2.03 bits per heavy atom. The number of ether oxygens (including phenoxy) is 3. The maximum Gasteiger partial charge on any atom is 0.338 e. The third-order valence-electron chi connectivity index (χ3n) is 5.02. The van der Waals surface area contributed by atoms with Crippen LogP contribution in [-0.4, -0.2) is 42.4 Å². The Bertz CT molecular complexity index is 786. The van der Waals surface area contributed by atoms with E-state index in [9.17, 15) is 19.2 Å². The first kappa shape index (κ1) is 27.3. The highest BCUT2D eigenvalue weighted by Crippen LogP contribution is 2.21.